The first kappa shape index (κ1) is 27.4. The maximum absolute atomic E-state index is 15.3. The van der Waals surface area contributed by atoms with Gasteiger partial charge in [-0.15, -0.1) is 0 Å². The number of aryl methyl sites for hydroxylation is 1. The summed E-state index contributed by atoms with van der Waals surface area (Å²) in [4.78, 5) is 31.0. The number of hydrogen-bond acceptors (Lipinski definition) is 6. The molecule has 222 valence electrons. The molecule has 0 saturated heterocycles. The third-order valence-electron chi connectivity index (χ3n) is 9.06. The second kappa shape index (κ2) is 10.1. The molecule has 3 N–H and O–H groups in total. The van der Waals surface area contributed by atoms with Crippen LogP contribution in [0.15, 0.2) is 42.6 Å². The van der Waals surface area contributed by atoms with Crippen LogP contribution in [0.4, 0.5) is 4.39 Å². The summed E-state index contributed by atoms with van der Waals surface area (Å²) in [7, 11) is 1.58. The fourth-order valence-electron chi connectivity index (χ4n) is 6.04. The predicted octanol–water partition coefficient (Wildman–Crippen LogP) is 4.95. The molecule has 2 amide bonds. The molecule has 7 rings (SSSR count). The number of nitrogens with two attached hydrogens (primary N) is 1. The quantitative estimate of drug-likeness (QED) is 0.288. The van der Waals surface area contributed by atoms with Crippen molar-refractivity contribution in [2.24, 2.45) is 11.7 Å². The highest BCUT2D eigenvalue weighted by Crippen LogP contribution is 2.48. The predicted molar refractivity (Wildman–Crippen MR) is 159 cm³/mol. The molecule has 4 aromatic rings. The van der Waals surface area contributed by atoms with Crippen LogP contribution < -0.4 is 20.5 Å². The van der Waals surface area contributed by atoms with Crippen molar-refractivity contribution in [3.8, 4) is 22.8 Å². The molecule has 9 nitrogen and oxygen atoms in total. The zero-order chi connectivity index (χ0) is 30.0. The second-order valence-corrected chi connectivity index (χ2v) is 12.4. The Bertz CT molecular complexity index is 1790. The first-order valence-corrected chi connectivity index (χ1v) is 14.8. The molecule has 2 atom stereocenters. The van der Waals surface area contributed by atoms with Gasteiger partial charge in [-0.25, -0.2) is 9.37 Å². The van der Waals surface area contributed by atoms with Crippen LogP contribution in [0.3, 0.4) is 0 Å². The third kappa shape index (κ3) is 4.78. The molecule has 2 aromatic carbocycles. The first-order valence-electron chi connectivity index (χ1n) is 14.8. The number of benzene rings is 2. The number of aromatic nitrogens is 3. The number of primary amides is 1. The van der Waals surface area contributed by atoms with Crippen LogP contribution in [0, 0.1) is 18.7 Å². The second-order valence-electron chi connectivity index (χ2n) is 12.4. The number of carbonyl (C=O) groups excluding carboxylic acids is 2. The lowest BCUT2D eigenvalue weighted by Gasteiger charge is -2.22. The number of rotatable bonds is 9. The SMILES string of the molecule is COc1cc(C(=O)NC[C@H](c2cc3c(c(-c4ccc(C)cc4F)n2)OC[C@]3(C)C(N)=O)C2CC2)cc2cn(C3CC3)nc12. The standard InChI is InChI=1S/C33H34FN5O4/c1-17-4-9-22(25(34)10-17)29-30-24(33(2,16-43-30)32(35)41)13-26(37-29)23(18-5-6-18)14-36-31(40)19-11-20-15-39(21-7-8-21)38-28(20)27(12-19)42-3/h4,9-13,15,18,21,23H,5-8,14,16H2,1-3H3,(H2,35,41)(H,36,40)/t23-,33-/m0/s1. The van der Waals surface area contributed by atoms with Crippen molar-refractivity contribution in [2.75, 3.05) is 20.3 Å². The monoisotopic (exact) mass is 583 g/mol. The van der Waals surface area contributed by atoms with Crippen LogP contribution in [0.25, 0.3) is 22.2 Å². The van der Waals surface area contributed by atoms with Gasteiger partial charge in [-0.1, -0.05) is 6.07 Å². The Morgan fingerprint density at radius 3 is 2.67 bits per heavy atom. The van der Waals surface area contributed by atoms with Crippen molar-refractivity contribution in [2.45, 2.75) is 56.9 Å². The van der Waals surface area contributed by atoms with Crippen molar-refractivity contribution in [1.29, 1.82) is 0 Å². The Kier molecular flexibility index (Phi) is 6.41. The summed E-state index contributed by atoms with van der Waals surface area (Å²) in [6, 6.07) is 10.8. The van der Waals surface area contributed by atoms with E-state index >= 15 is 4.39 Å². The van der Waals surface area contributed by atoms with Gasteiger partial charge in [0.25, 0.3) is 5.91 Å². The van der Waals surface area contributed by atoms with E-state index < -0.39 is 17.1 Å². The van der Waals surface area contributed by atoms with Gasteiger partial charge in [0.05, 0.1) is 13.2 Å². The minimum atomic E-state index is -1.09. The molecule has 0 bridgehead atoms. The van der Waals surface area contributed by atoms with E-state index in [1.54, 1.807) is 26.2 Å². The Hall–Kier alpha value is -4.47. The number of pyridine rings is 1. The smallest absolute Gasteiger partial charge is 0.251 e. The van der Waals surface area contributed by atoms with Crippen LogP contribution in [0.5, 0.6) is 11.5 Å². The maximum atomic E-state index is 15.3. The first-order chi connectivity index (χ1) is 20.7. The van der Waals surface area contributed by atoms with Gasteiger partial charge in [0.15, 0.2) is 0 Å². The third-order valence-corrected chi connectivity index (χ3v) is 9.06. The van der Waals surface area contributed by atoms with Crippen LogP contribution in [-0.4, -0.2) is 46.8 Å². The fourth-order valence-corrected chi connectivity index (χ4v) is 6.04. The van der Waals surface area contributed by atoms with E-state index in [9.17, 15) is 9.59 Å². The van der Waals surface area contributed by atoms with Gasteiger partial charge in [0.2, 0.25) is 5.91 Å². The normalized spacial score (nSPS) is 20.0. The molecule has 2 aliphatic carbocycles. The molecule has 2 aromatic heterocycles. The molecule has 43 heavy (non-hydrogen) atoms. The van der Waals surface area contributed by atoms with Gasteiger partial charge in [0, 0.05) is 46.4 Å². The van der Waals surface area contributed by atoms with Gasteiger partial charge in [-0.05, 0) is 81.3 Å². The molecule has 3 aliphatic rings. The minimum absolute atomic E-state index is 0.0513. The summed E-state index contributed by atoms with van der Waals surface area (Å²) >= 11 is 0. The number of nitrogens with one attached hydrogen (secondary N) is 1. The lowest BCUT2D eigenvalue weighted by Crippen LogP contribution is -2.40. The summed E-state index contributed by atoms with van der Waals surface area (Å²) in [5.74, 6) is -0.116. The average molecular weight is 584 g/mol. The topological polar surface area (TPSA) is 121 Å². The summed E-state index contributed by atoms with van der Waals surface area (Å²) < 4.78 is 28.8. The number of carbonyl (C=O) groups is 2. The number of ether oxygens (including phenoxy) is 2. The number of hydrogen-bond donors (Lipinski definition) is 2. The Morgan fingerprint density at radius 2 is 2.00 bits per heavy atom. The summed E-state index contributed by atoms with van der Waals surface area (Å²) in [6.07, 6.45) is 6.14. The summed E-state index contributed by atoms with van der Waals surface area (Å²) in [5.41, 5.74) is 8.66. The van der Waals surface area contributed by atoms with E-state index in [2.05, 4.69) is 10.4 Å². The van der Waals surface area contributed by atoms with Crippen LogP contribution in [-0.2, 0) is 10.2 Å². The van der Waals surface area contributed by atoms with Crippen molar-refractivity contribution in [3.63, 3.8) is 0 Å². The highest BCUT2D eigenvalue weighted by molar-refractivity contribution is 6.00. The van der Waals surface area contributed by atoms with E-state index in [1.807, 2.05) is 36.0 Å². The van der Waals surface area contributed by atoms with Gasteiger partial charge in [-0.3, -0.25) is 14.3 Å². The number of methoxy groups -OCH3 is 1. The molecule has 10 heteroatoms. The van der Waals surface area contributed by atoms with E-state index in [0.717, 1.165) is 42.1 Å². The van der Waals surface area contributed by atoms with Crippen LogP contribution in [0.1, 0.15) is 71.7 Å². The van der Waals surface area contributed by atoms with Gasteiger partial charge < -0.3 is 20.5 Å². The van der Waals surface area contributed by atoms with Crippen molar-refractivity contribution in [3.05, 3.63) is 70.8 Å². The van der Waals surface area contributed by atoms with E-state index in [0.29, 0.717) is 52.2 Å². The molecular weight excluding hydrogens is 549 g/mol. The van der Waals surface area contributed by atoms with Gasteiger partial charge in [-0.2, -0.15) is 5.10 Å². The Labute approximate surface area is 248 Å². The Balaban J connectivity index is 1.23. The van der Waals surface area contributed by atoms with E-state index in [4.69, 9.17) is 20.2 Å². The van der Waals surface area contributed by atoms with Crippen molar-refractivity contribution >= 4 is 22.7 Å². The number of fused-ring (bicyclic) bond motifs is 2. The number of nitrogens with zero attached hydrogens (tertiary/aromatic N) is 3. The molecule has 0 spiro atoms. The maximum Gasteiger partial charge on any atom is 0.251 e. The molecule has 1 aliphatic heterocycles. The molecule has 0 radical (unpaired) electrons. The fraction of sp³-hybridized carbons (Fsp3) is 0.394. The zero-order valence-electron chi connectivity index (χ0n) is 24.4. The molecular formula is C33H34FN5O4. The van der Waals surface area contributed by atoms with Gasteiger partial charge in [0.1, 0.15) is 40.5 Å². The van der Waals surface area contributed by atoms with E-state index in [1.165, 1.54) is 6.07 Å². The van der Waals surface area contributed by atoms with Gasteiger partial charge >= 0.3 is 0 Å². The van der Waals surface area contributed by atoms with Crippen LogP contribution >= 0.6 is 0 Å². The Morgan fingerprint density at radius 1 is 1.21 bits per heavy atom. The lowest BCUT2D eigenvalue weighted by atomic mass is 9.82. The minimum Gasteiger partial charge on any atom is -0.494 e. The molecule has 0 unspecified atom stereocenters. The summed E-state index contributed by atoms with van der Waals surface area (Å²) in [5, 5.41) is 8.63. The summed E-state index contributed by atoms with van der Waals surface area (Å²) in [6.45, 7) is 3.93. The highest BCUT2D eigenvalue weighted by Gasteiger charge is 2.45. The lowest BCUT2D eigenvalue weighted by molar-refractivity contribution is -0.123. The van der Waals surface area contributed by atoms with Crippen molar-refractivity contribution in [1.82, 2.24) is 20.1 Å². The molecule has 2 saturated carbocycles. The average Bonchev–Trinajstić information content (AvgIpc) is 3.92. The number of amides is 2. The highest BCUT2D eigenvalue weighted by atomic mass is 19.1. The van der Waals surface area contributed by atoms with E-state index in [-0.39, 0.29) is 24.3 Å². The van der Waals surface area contributed by atoms with Crippen LogP contribution in [0.2, 0.25) is 0 Å². The molecule has 3 heterocycles. The zero-order valence-corrected chi connectivity index (χ0v) is 24.4. The largest absolute Gasteiger partial charge is 0.494 e. The molecule has 2 fully saturated rings. The number of halogens is 1. The van der Waals surface area contributed by atoms with Crippen molar-refractivity contribution < 1.29 is 23.5 Å².